The van der Waals surface area contributed by atoms with Gasteiger partial charge in [-0.2, -0.15) is 0 Å². The van der Waals surface area contributed by atoms with Crippen molar-refractivity contribution < 1.29 is 0 Å². The minimum Gasteiger partial charge on any atom is -0.309 e. The van der Waals surface area contributed by atoms with Crippen LogP contribution in [0.3, 0.4) is 0 Å². The van der Waals surface area contributed by atoms with E-state index in [1.165, 1.54) is 49.4 Å². The first kappa shape index (κ1) is 16.0. The molecule has 0 unspecified atom stereocenters. The number of fused-ring (bicyclic) bond motifs is 3. The van der Waals surface area contributed by atoms with Crippen molar-refractivity contribution in [2.75, 3.05) is 20.6 Å². The molecule has 120 valence electrons. The normalized spacial score (nSPS) is 11.8. The quantitative estimate of drug-likeness (QED) is 0.591. The summed E-state index contributed by atoms with van der Waals surface area (Å²) in [5.74, 6) is 0. The Hall–Kier alpha value is -1.86. The molecule has 1 heteroatoms. The lowest BCUT2D eigenvalue weighted by Gasteiger charge is -2.17. The topological polar surface area (TPSA) is 3.24 Å². The number of nitrogens with zero attached hydrogens (tertiary/aromatic N) is 1. The fraction of sp³-hybridized carbons (Fsp3) is 0.364. The Labute approximate surface area is 139 Å². The highest BCUT2D eigenvalue weighted by Crippen LogP contribution is 2.34. The number of hydrogen-bond donors (Lipinski definition) is 0. The largest absolute Gasteiger partial charge is 0.309 e. The van der Waals surface area contributed by atoms with E-state index in [9.17, 15) is 0 Å². The minimum absolute atomic E-state index is 1.09. The van der Waals surface area contributed by atoms with Crippen molar-refractivity contribution in [1.82, 2.24) is 4.90 Å². The van der Waals surface area contributed by atoms with Crippen LogP contribution in [0.2, 0.25) is 0 Å². The van der Waals surface area contributed by atoms with E-state index in [0.717, 1.165) is 13.0 Å². The molecule has 0 saturated carbocycles. The Bertz CT molecular complexity index is 888. The van der Waals surface area contributed by atoms with E-state index in [1.54, 1.807) is 0 Å². The first-order chi connectivity index (χ1) is 10.9. The summed E-state index contributed by atoms with van der Waals surface area (Å²) >= 11 is 0. The molecule has 23 heavy (non-hydrogen) atoms. The summed E-state index contributed by atoms with van der Waals surface area (Å²) < 4.78 is 0. The number of rotatable bonds is 3. The number of benzene rings is 3. The van der Waals surface area contributed by atoms with Crippen LogP contribution in [-0.2, 0) is 6.42 Å². The maximum absolute atomic E-state index is 2.38. The predicted octanol–water partition coefficient (Wildman–Crippen LogP) is 5.33. The number of likely N-dealkylation sites (N-methyl/N-ethyl adjacent to an activating group) is 1. The Morgan fingerprint density at radius 2 is 1.48 bits per heavy atom. The van der Waals surface area contributed by atoms with Crippen molar-refractivity contribution in [1.29, 1.82) is 0 Å². The van der Waals surface area contributed by atoms with Gasteiger partial charge < -0.3 is 4.90 Å². The van der Waals surface area contributed by atoms with Crippen molar-refractivity contribution in [2.24, 2.45) is 0 Å². The molecule has 0 spiro atoms. The van der Waals surface area contributed by atoms with Gasteiger partial charge in [-0.05, 0) is 97.6 Å². The molecular weight excluding hydrogens is 278 g/mol. The molecule has 0 bridgehead atoms. The third kappa shape index (κ3) is 2.86. The van der Waals surface area contributed by atoms with Gasteiger partial charge >= 0.3 is 0 Å². The monoisotopic (exact) mass is 305 g/mol. The van der Waals surface area contributed by atoms with Crippen LogP contribution in [0.15, 0.2) is 30.3 Å². The first-order valence-electron chi connectivity index (χ1n) is 8.46. The van der Waals surface area contributed by atoms with Crippen molar-refractivity contribution >= 4 is 21.5 Å². The summed E-state index contributed by atoms with van der Waals surface area (Å²) in [5.41, 5.74) is 7.03. The van der Waals surface area contributed by atoms with E-state index >= 15 is 0 Å². The van der Waals surface area contributed by atoms with E-state index in [2.05, 4.69) is 77.0 Å². The summed E-state index contributed by atoms with van der Waals surface area (Å²) in [4.78, 5) is 2.26. The molecule has 0 radical (unpaired) electrons. The van der Waals surface area contributed by atoms with Crippen LogP contribution in [0.1, 0.15) is 27.8 Å². The summed E-state index contributed by atoms with van der Waals surface area (Å²) in [6.45, 7) is 10.0. The minimum atomic E-state index is 1.09. The van der Waals surface area contributed by atoms with Crippen molar-refractivity contribution in [3.05, 3.63) is 58.1 Å². The fourth-order valence-corrected chi connectivity index (χ4v) is 3.46. The second kappa shape index (κ2) is 5.98. The molecule has 0 fully saturated rings. The first-order valence-corrected chi connectivity index (χ1v) is 8.46. The standard InChI is InChI=1S/C22H27N/c1-14-11-18-7-8-20-19(9-10-23(5)6)12-16(3)17(4)22(20)21(18)13-15(14)2/h7-8,11-13H,9-10H2,1-6H3. The SMILES string of the molecule is Cc1cc2ccc3c(CCN(C)C)cc(C)c(C)c3c2cc1C. The van der Waals surface area contributed by atoms with Gasteiger partial charge in [-0.1, -0.05) is 30.3 Å². The van der Waals surface area contributed by atoms with Crippen molar-refractivity contribution in [3.8, 4) is 0 Å². The van der Waals surface area contributed by atoms with Crippen LogP contribution in [0.25, 0.3) is 21.5 Å². The van der Waals surface area contributed by atoms with E-state index in [1.807, 2.05) is 0 Å². The second-order valence-electron chi connectivity index (χ2n) is 7.18. The van der Waals surface area contributed by atoms with Gasteiger partial charge in [0.2, 0.25) is 0 Å². The third-order valence-corrected chi connectivity index (χ3v) is 5.17. The molecule has 0 atom stereocenters. The zero-order valence-corrected chi connectivity index (χ0v) is 15.2. The second-order valence-corrected chi connectivity index (χ2v) is 7.18. The molecule has 3 aromatic carbocycles. The predicted molar refractivity (Wildman–Crippen MR) is 103 cm³/mol. The Kier molecular flexibility index (Phi) is 4.16. The smallest absolute Gasteiger partial charge is 0.00159 e. The van der Waals surface area contributed by atoms with Gasteiger partial charge in [-0.3, -0.25) is 0 Å². The summed E-state index contributed by atoms with van der Waals surface area (Å²) in [7, 11) is 4.29. The van der Waals surface area contributed by atoms with Gasteiger partial charge in [-0.25, -0.2) is 0 Å². The van der Waals surface area contributed by atoms with E-state index in [-0.39, 0.29) is 0 Å². The van der Waals surface area contributed by atoms with Crippen LogP contribution in [-0.4, -0.2) is 25.5 Å². The molecule has 0 aliphatic heterocycles. The van der Waals surface area contributed by atoms with Crippen LogP contribution in [0.4, 0.5) is 0 Å². The molecule has 0 saturated heterocycles. The highest BCUT2D eigenvalue weighted by molar-refractivity contribution is 6.10. The maximum Gasteiger partial charge on any atom is 0.00159 e. The molecule has 3 aromatic rings. The Morgan fingerprint density at radius 1 is 0.783 bits per heavy atom. The molecule has 0 N–H and O–H groups in total. The lowest BCUT2D eigenvalue weighted by atomic mass is 9.89. The number of aryl methyl sites for hydroxylation is 4. The molecule has 0 aliphatic carbocycles. The number of hydrogen-bond acceptors (Lipinski definition) is 1. The molecule has 0 amide bonds. The van der Waals surface area contributed by atoms with Gasteiger partial charge in [0, 0.05) is 6.54 Å². The zero-order chi connectivity index (χ0) is 16.7. The highest BCUT2D eigenvalue weighted by Gasteiger charge is 2.11. The fourth-order valence-electron chi connectivity index (χ4n) is 3.46. The van der Waals surface area contributed by atoms with Crippen molar-refractivity contribution in [2.45, 2.75) is 34.1 Å². The maximum atomic E-state index is 2.38. The van der Waals surface area contributed by atoms with E-state index in [4.69, 9.17) is 0 Å². The molecule has 0 heterocycles. The van der Waals surface area contributed by atoms with E-state index in [0.29, 0.717) is 0 Å². The molecule has 0 aliphatic rings. The highest BCUT2D eigenvalue weighted by atomic mass is 15.0. The lowest BCUT2D eigenvalue weighted by molar-refractivity contribution is 0.414. The Morgan fingerprint density at radius 3 is 2.17 bits per heavy atom. The molecule has 0 aromatic heterocycles. The van der Waals surface area contributed by atoms with Gasteiger partial charge in [0.1, 0.15) is 0 Å². The lowest BCUT2D eigenvalue weighted by Crippen LogP contribution is -2.15. The van der Waals surface area contributed by atoms with Crippen molar-refractivity contribution in [3.63, 3.8) is 0 Å². The summed E-state index contributed by atoms with van der Waals surface area (Å²) in [6, 6.07) is 11.7. The summed E-state index contributed by atoms with van der Waals surface area (Å²) in [6.07, 6.45) is 1.10. The van der Waals surface area contributed by atoms with Crippen LogP contribution < -0.4 is 0 Å². The van der Waals surface area contributed by atoms with E-state index < -0.39 is 0 Å². The third-order valence-electron chi connectivity index (χ3n) is 5.17. The van der Waals surface area contributed by atoms with Crippen LogP contribution >= 0.6 is 0 Å². The van der Waals surface area contributed by atoms with Gasteiger partial charge in [0.15, 0.2) is 0 Å². The molecular formula is C22H27N. The van der Waals surface area contributed by atoms with Gasteiger partial charge in [0.25, 0.3) is 0 Å². The summed E-state index contributed by atoms with van der Waals surface area (Å²) in [5, 5.41) is 5.62. The molecule has 3 rings (SSSR count). The Balaban J connectivity index is 2.35. The van der Waals surface area contributed by atoms with Gasteiger partial charge in [0.05, 0.1) is 0 Å². The average molecular weight is 305 g/mol. The zero-order valence-electron chi connectivity index (χ0n) is 15.2. The van der Waals surface area contributed by atoms with Crippen LogP contribution in [0, 0.1) is 27.7 Å². The molecule has 1 nitrogen and oxygen atoms in total. The van der Waals surface area contributed by atoms with Crippen LogP contribution in [0.5, 0.6) is 0 Å². The van der Waals surface area contributed by atoms with Gasteiger partial charge in [-0.15, -0.1) is 0 Å². The average Bonchev–Trinajstić information content (AvgIpc) is 2.50.